The maximum absolute atomic E-state index is 13.1. The van der Waals surface area contributed by atoms with Crippen LogP contribution >= 0.6 is 0 Å². The van der Waals surface area contributed by atoms with Gasteiger partial charge in [-0.1, -0.05) is 0 Å². The van der Waals surface area contributed by atoms with Gasteiger partial charge in [0.2, 0.25) is 0 Å². The first-order valence-corrected chi connectivity index (χ1v) is 9.55. The minimum Gasteiger partial charge on any atom is -0.494 e. The van der Waals surface area contributed by atoms with Crippen LogP contribution in [0.25, 0.3) is 11.0 Å². The van der Waals surface area contributed by atoms with Crippen LogP contribution in [-0.2, 0) is 0 Å². The lowest BCUT2D eigenvalue weighted by Crippen LogP contribution is -2.49. The van der Waals surface area contributed by atoms with Crippen LogP contribution < -0.4 is 15.3 Å². The van der Waals surface area contributed by atoms with Crippen molar-refractivity contribution in [1.82, 2.24) is 4.90 Å². The molecule has 29 heavy (non-hydrogen) atoms. The number of nitrogens with zero attached hydrogens (tertiary/aromatic N) is 2. The predicted molar refractivity (Wildman–Crippen MR) is 108 cm³/mol. The Morgan fingerprint density at radius 1 is 1.07 bits per heavy atom. The third-order valence-electron chi connectivity index (χ3n) is 5.02. The van der Waals surface area contributed by atoms with Crippen molar-refractivity contribution in [3.05, 3.63) is 70.3 Å². The second-order valence-electron chi connectivity index (χ2n) is 6.83. The average Bonchev–Trinajstić information content (AvgIpc) is 2.73. The lowest BCUT2D eigenvalue weighted by atomic mass is 10.1. The number of hydrogen-bond donors (Lipinski definition) is 0. The van der Waals surface area contributed by atoms with E-state index in [0.29, 0.717) is 55.1 Å². The molecule has 0 N–H and O–H groups in total. The molecule has 1 aliphatic heterocycles. The zero-order valence-electron chi connectivity index (χ0n) is 16.1. The molecule has 1 fully saturated rings. The first-order valence-electron chi connectivity index (χ1n) is 9.55. The van der Waals surface area contributed by atoms with E-state index in [4.69, 9.17) is 9.15 Å². The molecular formula is C22H21FN2O4. The molecule has 0 radical (unpaired) electrons. The minimum atomic E-state index is -0.570. The van der Waals surface area contributed by atoms with Crippen LogP contribution in [0.1, 0.15) is 17.3 Å². The molecule has 2 heterocycles. The first-order chi connectivity index (χ1) is 14.0. The van der Waals surface area contributed by atoms with Crippen molar-refractivity contribution in [1.29, 1.82) is 0 Å². The van der Waals surface area contributed by atoms with Gasteiger partial charge in [0.1, 0.15) is 17.1 Å². The third-order valence-corrected chi connectivity index (χ3v) is 5.02. The minimum absolute atomic E-state index is 0.203. The molecule has 6 nitrogen and oxygen atoms in total. The van der Waals surface area contributed by atoms with Crippen LogP contribution in [0.4, 0.5) is 10.1 Å². The number of carbonyl (C=O) groups excluding carboxylic acids is 1. The van der Waals surface area contributed by atoms with Gasteiger partial charge in [-0.25, -0.2) is 9.18 Å². The fourth-order valence-electron chi connectivity index (χ4n) is 3.57. The SMILES string of the molecule is CCOc1ccc2c(C(=O)N3CCN(c4ccc(F)cc4)CC3)cc(=O)oc2c1. The van der Waals surface area contributed by atoms with E-state index in [-0.39, 0.29) is 11.7 Å². The zero-order chi connectivity index (χ0) is 20.4. The quantitative estimate of drug-likeness (QED) is 0.634. The number of anilines is 1. The number of benzene rings is 2. The molecule has 0 atom stereocenters. The van der Waals surface area contributed by atoms with Gasteiger partial charge in [0.25, 0.3) is 5.91 Å². The molecule has 1 aromatic heterocycles. The highest BCUT2D eigenvalue weighted by Gasteiger charge is 2.24. The van der Waals surface area contributed by atoms with E-state index in [1.165, 1.54) is 18.2 Å². The Kier molecular flexibility index (Phi) is 5.20. The van der Waals surface area contributed by atoms with Gasteiger partial charge in [0.05, 0.1) is 12.2 Å². The van der Waals surface area contributed by atoms with E-state index in [0.717, 1.165) is 5.69 Å². The van der Waals surface area contributed by atoms with Crippen LogP contribution in [0.2, 0.25) is 0 Å². The molecule has 1 saturated heterocycles. The lowest BCUT2D eigenvalue weighted by Gasteiger charge is -2.36. The normalized spacial score (nSPS) is 14.3. The van der Waals surface area contributed by atoms with Crippen LogP contribution in [0, 0.1) is 5.82 Å². The summed E-state index contributed by atoms with van der Waals surface area (Å²) in [5.41, 5.74) is 1.01. The topological polar surface area (TPSA) is 63.0 Å². The molecule has 7 heteroatoms. The van der Waals surface area contributed by atoms with E-state index >= 15 is 0 Å². The molecule has 2 aromatic carbocycles. The molecule has 3 aromatic rings. The highest BCUT2D eigenvalue weighted by molar-refractivity contribution is 6.05. The number of hydrogen-bond acceptors (Lipinski definition) is 5. The Morgan fingerprint density at radius 2 is 1.79 bits per heavy atom. The summed E-state index contributed by atoms with van der Waals surface area (Å²) in [6.45, 7) is 4.64. The van der Waals surface area contributed by atoms with Crippen molar-refractivity contribution in [3.8, 4) is 5.75 Å². The van der Waals surface area contributed by atoms with E-state index in [9.17, 15) is 14.0 Å². The Morgan fingerprint density at radius 3 is 2.48 bits per heavy atom. The standard InChI is InChI=1S/C22H21FN2O4/c1-2-28-17-7-8-18-19(14-21(26)29-20(18)13-17)22(27)25-11-9-24(10-12-25)16-5-3-15(23)4-6-16/h3-8,13-14H,2,9-12H2,1H3. The van der Waals surface area contributed by atoms with Gasteiger partial charge in [-0.05, 0) is 43.3 Å². The summed E-state index contributed by atoms with van der Waals surface area (Å²) < 4.78 is 23.8. The van der Waals surface area contributed by atoms with Crippen LogP contribution in [0.15, 0.2) is 57.7 Å². The molecule has 150 valence electrons. The summed E-state index contributed by atoms with van der Waals surface area (Å²) in [6.07, 6.45) is 0. The molecule has 0 bridgehead atoms. The second-order valence-corrected chi connectivity index (χ2v) is 6.83. The van der Waals surface area contributed by atoms with Crippen molar-refractivity contribution in [2.24, 2.45) is 0 Å². The number of amides is 1. The van der Waals surface area contributed by atoms with Crippen LogP contribution in [0.5, 0.6) is 5.75 Å². The highest BCUT2D eigenvalue weighted by atomic mass is 19.1. The Balaban J connectivity index is 1.55. The fraction of sp³-hybridized carbons (Fsp3) is 0.273. The van der Waals surface area contributed by atoms with E-state index in [1.807, 2.05) is 6.92 Å². The number of carbonyl (C=O) groups is 1. The zero-order valence-corrected chi connectivity index (χ0v) is 16.1. The van der Waals surface area contributed by atoms with Crippen molar-refractivity contribution in [2.45, 2.75) is 6.92 Å². The summed E-state index contributed by atoms with van der Waals surface area (Å²) in [5.74, 6) is 0.108. The fourth-order valence-corrected chi connectivity index (χ4v) is 3.57. The van der Waals surface area contributed by atoms with Gasteiger partial charge in [-0.3, -0.25) is 4.79 Å². The maximum atomic E-state index is 13.1. The largest absolute Gasteiger partial charge is 0.494 e. The van der Waals surface area contributed by atoms with Crippen molar-refractivity contribution >= 4 is 22.6 Å². The molecule has 4 rings (SSSR count). The molecule has 1 aliphatic rings. The third kappa shape index (κ3) is 3.94. The van der Waals surface area contributed by atoms with E-state index in [2.05, 4.69) is 4.90 Å². The molecule has 0 unspecified atom stereocenters. The molecule has 0 saturated carbocycles. The summed E-state index contributed by atoms with van der Waals surface area (Å²) >= 11 is 0. The highest BCUT2D eigenvalue weighted by Crippen LogP contribution is 2.24. The number of halogens is 1. The number of rotatable bonds is 4. The predicted octanol–water partition coefficient (Wildman–Crippen LogP) is 3.29. The van der Waals surface area contributed by atoms with E-state index in [1.54, 1.807) is 35.2 Å². The van der Waals surface area contributed by atoms with Crippen molar-refractivity contribution < 1.29 is 18.3 Å². The first kappa shape index (κ1) is 19.0. The van der Waals surface area contributed by atoms with Gasteiger partial charge >= 0.3 is 5.63 Å². The number of ether oxygens (including phenoxy) is 1. The molecule has 0 spiro atoms. The number of piperazine rings is 1. The summed E-state index contributed by atoms with van der Waals surface area (Å²) in [5, 5.41) is 0.582. The van der Waals surface area contributed by atoms with Gasteiger partial charge < -0.3 is 19.0 Å². The lowest BCUT2D eigenvalue weighted by molar-refractivity contribution is 0.0748. The second kappa shape index (κ2) is 7.95. The summed E-state index contributed by atoms with van der Waals surface area (Å²) in [4.78, 5) is 29.0. The van der Waals surface area contributed by atoms with Crippen molar-refractivity contribution in [2.75, 3.05) is 37.7 Å². The van der Waals surface area contributed by atoms with Gasteiger partial charge in [0, 0.05) is 49.4 Å². The Bertz CT molecular complexity index is 1090. The Hall–Kier alpha value is -3.35. The Labute approximate surface area is 167 Å². The van der Waals surface area contributed by atoms with Crippen LogP contribution in [-0.4, -0.2) is 43.6 Å². The summed E-state index contributed by atoms with van der Waals surface area (Å²) in [6, 6.07) is 12.7. The monoisotopic (exact) mass is 396 g/mol. The molecule has 0 aliphatic carbocycles. The van der Waals surface area contributed by atoms with Gasteiger partial charge in [-0.2, -0.15) is 0 Å². The smallest absolute Gasteiger partial charge is 0.337 e. The van der Waals surface area contributed by atoms with Crippen LogP contribution in [0.3, 0.4) is 0 Å². The average molecular weight is 396 g/mol. The van der Waals surface area contributed by atoms with Gasteiger partial charge in [0.15, 0.2) is 0 Å². The molecule has 1 amide bonds. The van der Waals surface area contributed by atoms with E-state index < -0.39 is 5.63 Å². The van der Waals surface area contributed by atoms with Gasteiger partial charge in [-0.15, -0.1) is 0 Å². The number of fused-ring (bicyclic) bond motifs is 1. The molecular weight excluding hydrogens is 375 g/mol. The van der Waals surface area contributed by atoms with Crippen molar-refractivity contribution in [3.63, 3.8) is 0 Å². The maximum Gasteiger partial charge on any atom is 0.337 e. The summed E-state index contributed by atoms with van der Waals surface area (Å²) in [7, 11) is 0.